The van der Waals surface area contributed by atoms with Crippen LogP contribution in [0.1, 0.15) is 12.8 Å². The van der Waals surface area contributed by atoms with Crippen LogP contribution in [0.2, 0.25) is 10.0 Å². The van der Waals surface area contributed by atoms with Crippen LogP contribution in [0.15, 0.2) is 30.4 Å². The zero-order chi connectivity index (χ0) is 14.1. The molecule has 0 bridgehead atoms. The second-order valence-electron chi connectivity index (χ2n) is 5.43. The number of likely N-dealkylation sites (tertiary alicyclic amines) is 1. The maximum Gasteiger partial charge on any atom is 0.321 e. The quantitative estimate of drug-likeness (QED) is 0.765. The third-order valence-electron chi connectivity index (χ3n) is 4.08. The van der Waals surface area contributed by atoms with Gasteiger partial charge in [0.1, 0.15) is 0 Å². The molecular formula is C15H16Cl2N2O. The van der Waals surface area contributed by atoms with Crippen molar-refractivity contribution in [3.05, 3.63) is 40.4 Å². The number of urea groups is 1. The number of anilines is 1. The molecule has 3 rings (SSSR count). The normalized spacial score (nSPS) is 24.6. The number of hydrogen-bond acceptors (Lipinski definition) is 1. The first kappa shape index (κ1) is 13.8. The minimum atomic E-state index is -0.0576. The predicted molar refractivity (Wildman–Crippen MR) is 82.4 cm³/mol. The molecular weight excluding hydrogens is 295 g/mol. The van der Waals surface area contributed by atoms with Gasteiger partial charge >= 0.3 is 6.03 Å². The summed E-state index contributed by atoms with van der Waals surface area (Å²) in [6.07, 6.45) is 6.62. The Morgan fingerprint density at radius 3 is 2.35 bits per heavy atom. The Morgan fingerprint density at radius 2 is 1.75 bits per heavy atom. The van der Waals surface area contributed by atoms with Crippen LogP contribution < -0.4 is 5.32 Å². The van der Waals surface area contributed by atoms with Gasteiger partial charge in [-0.1, -0.05) is 35.4 Å². The Bertz CT molecular complexity index is 543. The number of nitrogens with zero attached hydrogens (tertiary/aromatic N) is 1. The fourth-order valence-electron chi connectivity index (χ4n) is 2.96. The third-order valence-corrected chi connectivity index (χ3v) is 4.82. The van der Waals surface area contributed by atoms with E-state index < -0.39 is 0 Å². The van der Waals surface area contributed by atoms with Crippen LogP contribution in [0.4, 0.5) is 10.5 Å². The molecule has 1 aliphatic heterocycles. The number of halogens is 2. The van der Waals surface area contributed by atoms with Crippen LogP contribution in [-0.2, 0) is 0 Å². The fourth-order valence-corrected chi connectivity index (χ4v) is 3.26. The van der Waals surface area contributed by atoms with Crippen molar-refractivity contribution in [1.29, 1.82) is 0 Å². The van der Waals surface area contributed by atoms with E-state index in [-0.39, 0.29) is 6.03 Å². The van der Waals surface area contributed by atoms with Gasteiger partial charge in [-0.3, -0.25) is 0 Å². The first-order valence-corrected chi connectivity index (χ1v) is 7.55. The Hall–Kier alpha value is -1.19. The van der Waals surface area contributed by atoms with E-state index in [0.717, 1.165) is 25.9 Å². The highest BCUT2D eigenvalue weighted by molar-refractivity contribution is 6.42. The average Bonchev–Trinajstić information content (AvgIpc) is 2.87. The first-order valence-electron chi connectivity index (χ1n) is 6.79. The molecule has 2 unspecified atom stereocenters. The lowest BCUT2D eigenvalue weighted by atomic mass is 9.86. The molecule has 106 valence electrons. The lowest BCUT2D eigenvalue weighted by Crippen LogP contribution is -2.33. The summed E-state index contributed by atoms with van der Waals surface area (Å²) in [7, 11) is 0. The van der Waals surface area contributed by atoms with Crippen LogP contribution in [0.5, 0.6) is 0 Å². The Labute approximate surface area is 128 Å². The zero-order valence-electron chi connectivity index (χ0n) is 11.0. The Kier molecular flexibility index (Phi) is 3.90. The minimum Gasteiger partial charge on any atom is -0.324 e. The number of carbonyl (C=O) groups excluding carboxylic acids is 1. The molecule has 1 aromatic rings. The zero-order valence-corrected chi connectivity index (χ0v) is 12.5. The van der Waals surface area contributed by atoms with Crippen molar-refractivity contribution in [3.8, 4) is 0 Å². The summed E-state index contributed by atoms with van der Waals surface area (Å²) in [6, 6.07) is 5.06. The summed E-state index contributed by atoms with van der Waals surface area (Å²) in [6.45, 7) is 1.67. The summed E-state index contributed by atoms with van der Waals surface area (Å²) in [5.74, 6) is 1.22. The van der Waals surface area contributed by atoms with Gasteiger partial charge in [0.15, 0.2) is 0 Å². The molecule has 2 amide bonds. The highest BCUT2D eigenvalue weighted by Gasteiger charge is 2.35. The molecule has 1 fully saturated rings. The molecule has 1 aliphatic carbocycles. The smallest absolute Gasteiger partial charge is 0.321 e. The van der Waals surface area contributed by atoms with Gasteiger partial charge in [0.25, 0.3) is 0 Å². The lowest BCUT2D eigenvalue weighted by molar-refractivity contribution is 0.220. The molecule has 1 N–H and O–H groups in total. The van der Waals surface area contributed by atoms with Crippen LogP contribution in [0.3, 0.4) is 0 Å². The number of benzene rings is 1. The summed E-state index contributed by atoms with van der Waals surface area (Å²) in [5, 5.41) is 3.82. The van der Waals surface area contributed by atoms with Crippen molar-refractivity contribution in [3.63, 3.8) is 0 Å². The number of allylic oxidation sites excluding steroid dienone is 2. The van der Waals surface area contributed by atoms with E-state index in [1.165, 1.54) is 0 Å². The van der Waals surface area contributed by atoms with Crippen molar-refractivity contribution in [1.82, 2.24) is 4.90 Å². The monoisotopic (exact) mass is 310 g/mol. The van der Waals surface area contributed by atoms with E-state index in [9.17, 15) is 4.79 Å². The molecule has 1 saturated heterocycles. The van der Waals surface area contributed by atoms with Crippen LogP contribution >= 0.6 is 23.2 Å². The van der Waals surface area contributed by atoms with Gasteiger partial charge in [-0.2, -0.15) is 0 Å². The van der Waals surface area contributed by atoms with Crippen LogP contribution in [0.25, 0.3) is 0 Å². The highest BCUT2D eigenvalue weighted by atomic mass is 35.5. The van der Waals surface area contributed by atoms with Crippen LogP contribution in [-0.4, -0.2) is 24.0 Å². The SMILES string of the molecule is O=C(Nc1ccc(Cl)c(Cl)c1)N1CC2CC=CCC2C1. The topological polar surface area (TPSA) is 32.3 Å². The predicted octanol–water partition coefficient (Wildman–Crippen LogP) is 4.42. The number of fused-ring (bicyclic) bond motifs is 1. The summed E-state index contributed by atoms with van der Waals surface area (Å²) >= 11 is 11.8. The number of rotatable bonds is 1. The van der Waals surface area contributed by atoms with E-state index in [4.69, 9.17) is 23.2 Å². The van der Waals surface area contributed by atoms with Crippen molar-refractivity contribution < 1.29 is 4.79 Å². The third kappa shape index (κ3) is 2.79. The molecule has 1 aromatic carbocycles. The fraction of sp³-hybridized carbons (Fsp3) is 0.400. The molecule has 2 aliphatic rings. The van der Waals surface area contributed by atoms with Gasteiger partial charge in [0.05, 0.1) is 10.0 Å². The van der Waals surface area contributed by atoms with E-state index in [2.05, 4.69) is 17.5 Å². The molecule has 0 spiro atoms. The minimum absolute atomic E-state index is 0.0576. The van der Waals surface area contributed by atoms with Gasteiger partial charge in [-0.15, -0.1) is 0 Å². The largest absolute Gasteiger partial charge is 0.324 e. The lowest BCUT2D eigenvalue weighted by Gasteiger charge is -2.17. The number of hydrogen-bond donors (Lipinski definition) is 1. The van der Waals surface area contributed by atoms with Crippen molar-refractivity contribution in [2.45, 2.75) is 12.8 Å². The Morgan fingerprint density at radius 1 is 1.10 bits per heavy atom. The van der Waals surface area contributed by atoms with Crippen molar-refractivity contribution in [2.24, 2.45) is 11.8 Å². The molecule has 3 nitrogen and oxygen atoms in total. The van der Waals surface area contributed by atoms with E-state index in [1.807, 2.05) is 4.90 Å². The van der Waals surface area contributed by atoms with Gasteiger partial charge in [-0.25, -0.2) is 4.79 Å². The number of carbonyl (C=O) groups is 1. The molecule has 2 atom stereocenters. The maximum absolute atomic E-state index is 12.3. The molecule has 20 heavy (non-hydrogen) atoms. The van der Waals surface area contributed by atoms with Gasteiger partial charge < -0.3 is 10.2 Å². The molecule has 0 radical (unpaired) electrons. The number of amides is 2. The summed E-state index contributed by atoms with van der Waals surface area (Å²) in [5.41, 5.74) is 0.678. The maximum atomic E-state index is 12.3. The molecule has 0 aromatic heterocycles. The van der Waals surface area contributed by atoms with Gasteiger partial charge in [-0.05, 0) is 42.9 Å². The summed E-state index contributed by atoms with van der Waals surface area (Å²) < 4.78 is 0. The summed E-state index contributed by atoms with van der Waals surface area (Å²) in [4.78, 5) is 14.2. The van der Waals surface area contributed by atoms with Gasteiger partial charge in [0, 0.05) is 18.8 Å². The Balaban J connectivity index is 1.64. The first-order chi connectivity index (χ1) is 9.63. The molecule has 5 heteroatoms. The van der Waals surface area contributed by atoms with E-state index in [1.54, 1.807) is 18.2 Å². The highest BCUT2D eigenvalue weighted by Crippen LogP contribution is 2.33. The van der Waals surface area contributed by atoms with Crippen molar-refractivity contribution in [2.75, 3.05) is 18.4 Å². The van der Waals surface area contributed by atoms with Gasteiger partial charge in [0.2, 0.25) is 0 Å². The second-order valence-corrected chi connectivity index (χ2v) is 6.24. The number of nitrogens with one attached hydrogen (secondary N) is 1. The van der Waals surface area contributed by atoms with Crippen molar-refractivity contribution >= 4 is 34.9 Å². The standard InChI is InChI=1S/C15H16Cl2N2O/c16-13-6-5-12(7-14(13)17)18-15(20)19-8-10-3-1-2-4-11(10)9-19/h1-2,5-7,10-11H,3-4,8-9H2,(H,18,20). The molecule has 1 heterocycles. The van der Waals surface area contributed by atoms with E-state index >= 15 is 0 Å². The molecule has 0 saturated carbocycles. The van der Waals surface area contributed by atoms with E-state index in [0.29, 0.717) is 27.6 Å². The second kappa shape index (κ2) is 5.66. The average molecular weight is 311 g/mol. The van der Waals surface area contributed by atoms with Crippen LogP contribution in [0, 0.1) is 11.8 Å².